The highest BCUT2D eigenvalue weighted by molar-refractivity contribution is 4.69. The van der Waals surface area contributed by atoms with Gasteiger partial charge in [-0.3, -0.25) is 0 Å². The number of hydrogen-bond acceptors (Lipinski definition) is 3. The fourth-order valence-corrected chi connectivity index (χ4v) is 3.08. The smallest absolute Gasteiger partial charge is 0.0833 e. The van der Waals surface area contributed by atoms with Gasteiger partial charge in [-0.05, 0) is 6.42 Å². The van der Waals surface area contributed by atoms with Gasteiger partial charge in [0.2, 0.25) is 0 Å². The van der Waals surface area contributed by atoms with Gasteiger partial charge in [-0.1, -0.05) is 77.6 Å². The van der Waals surface area contributed by atoms with Crippen LogP contribution in [-0.2, 0) is 9.47 Å². The molecule has 0 bridgehead atoms. The van der Waals surface area contributed by atoms with E-state index in [1.807, 2.05) is 0 Å². The van der Waals surface area contributed by atoms with Gasteiger partial charge in [-0.15, -0.1) is 0 Å². The third kappa shape index (κ3) is 11.4. The Kier molecular flexibility index (Phi) is 13.1. The Morgan fingerprint density at radius 1 is 0.818 bits per heavy atom. The van der Waals surface area contributed by atoms with Gasteiger partial charge in [-0.2, -0.15) is 0 Å². The number of rotatable bonds is 14. The summed E-state index contributed by atoms with van der Waals surface area (Å²) >= 11 is 0. The van der Waals surface area contributed by atoms with Gasteiger partial charge in [0.25, 0.3) is 0 Å². The second-order valence-corrected chi connectivity index (χ2v) is 6.81. The summed E-state index contributed by atoms with van der Waals surface area (Å²) in [5.74, 6) is 0. The predicted octanol–water partition coefficient (Wildman–Crippen LogP) is 4.85. The molecule has 3 nitrogen and oxygen atoms in total. The van der Waals surface area contributed by atoms with Crippen LogP contribution in [0, 0.1) is 0 Å². The Labute approximate surface area is 137 Å². The molecule has 0 radical (unpaired) electrons. The van der Waals surface area contributed by atoms with E-state index in [1.165, 1.54) is 70.6 Å². The third-order valence-electron chi connectivity index (χ3n) is 4.50. The van der Waals surface area contributed by atoms with Crippen molar-refractivity contribution in [2.75, 3.05) is 19.8 Å². The zero-order valence-electron chi connectivity index (χ0n) is 14.7. The minimum Gasteiger partial charge on any atom is -0.391 e. The average Bonchev–Trinajstić information content (AvgIpc) is 2.52. The molecule has 1 rings (SSSR count). The minimum atomic E-state index is -0.333. The van der Waals surface area contributed by atoms with Crippen LogP contribution in [0.4, 0.5) is 0 Å². The van der Waals surface area contributed by atoms with E-state index in [4.69, 9.17) is 9.47 Å². The monoisotopic (exact) mass is 314 g/mol. The quantitative estimate of drug-likeness (QED) is 0.466. The highest BCUT2D eigenvalue weighted by Gasteiger charge is 2.20. The Bertz CT molecular complexity index is 233. The third-order valence-corrected chi connectivity index (χ3v) is 4.50. The first-order valence-electron chi connectivity index (χ1n) is 9.70. The zero-order valence-corrected chi connectivity index (χ0v) is 14.7. The van der Waals surface area contributed by atoms with Crippen LogP contribution in [0.15, 0.2) is 0 Å². The Balaban J connectivity index is 1.73. The van der Waals surface area contributed by atoms with Crippen molar-refractivity contribution in [1.82, 2.24) is 0 Å². The molecular formula is C19H38O3. The molecule has 0 saturated carbocycles. The van der Waals surface area contributed by atoms with Crippen LogP contribution in [0.5, 0.6) is 0 Å². The normalized spacial score (nSPS) is 22.1. The van der Waals surface area contributed by atoms with E-state index in [1.54, 1.807) is 0 Å². The predicted molar refractivity (Wildman–Crippen MR) is 92.3 cm³/mol. The van der Waals surface area contributed by atoms with Crippen LogP contribution >= 0.6 is 0 Å². The van der Waals surface area contributed by atoms with Crippen molar-refractivity contribution in [1.29, 1.82) is 0 Å². The van der Waals surface area contributed by atoms with Gasteiger partial charge < -0.3 is 14.6 Å². The second-order valence-electron chi connectivity index (χ2n) is 6.81. The maximum Gasteiger partial charge on any atom is 0.0833 e. The Hall–Kier alpha value is -0.120. The molecule has 3 heteroatoms. The topological polar surface area (TPSA) is 38.7 Å². The molecule has 1 saturated heterocycles. The molecule has 132 valence electrons. The van der Waals surface area contributed by atoms with E-state index in [0.29, 0.717) is 13.2 Å². The molecule has 0 aliphatic carbocycles. The SMILES string of the molecule is CCCCCCCCCCCCCCOC1COCC(O)C1. The fourth-order valence-electron chi connectivity index (χ4n) is 3.08. The summed E-state index contributed by atoms with van der Waals surface area (Å²) in [6.45, 7) is 4.21. The summed E-state index contributed by atoms with van der Waals surface area (Å²) in [6.07, 6.45) is 16.9. The number of aliphatic hydroxyl groups is 1. The van der Waals surface area contributed by atoms with Crippen molar-refractivity contribution >= 4 is 0 Å². The largest absolute Gasteiger partial charge is 0.391 e. The minimum absolute atomic E-state index is 0.108. The summed E-state index contributed by atoms with van der Waals surface area (Å²) in [7, 11) is 0. The van der Waals surface area contributed by atoms with Crippen molar-refractivity contribution < 1.29 is 14.6 Å². The molecular weight excluding hydrogens is 276 g/mol. The molecule has 1 aliphatic heterocycles. The lowest BCUT2D eigenvalue weighted by atomic mass is 10.1. The molecule has 0 aromatic heterocycles. The van der Waals surface area contributed by atoms with E-state index >= 15 is 0 Å². The lowest BCUT2D eigenvalue weighted by Crippen LogP contribution is -2.34. The van der Waals surface area contributed by atoms with Crippen LogP contribution < -0.4 is 0 Å². The Morgan fingerprint density at radius 2 is 1.36 bits per heavy atom. The molecule has 1 aliphatic rings. The van der Waals surface area contributed by atoms with Crippen LogP contribution in [0.25, 0.3) is 0 Å². The number of hydrogen-bond donors (Lipinski definition) is 1. The van der Waals surface area contributed by atoms with Crippen molar-refractivity contribution in [2.24, 2.45) is 0 Å². The van der Waals surface area contributed by atoms with Crippen molar-refractivity contribution in [3.8, 4) is 0 Å². The first kappa shape index (κ1) is 19.9. The van der Waals surface area contributed by atoms with E-state index in [0.717, 1.165) is 19.4 Å². The van der Waals surface area contributed by atoms with Crippen LogP contribution in [0.1, 0.15) is 90.4 Å². The van der Waals surface area contributed by atoms with Crippen molar-refractivity contribution in [3.05, 3.63) is 0 Å². The highest BCUT2D eigenvalue weighted by atomic mass is 16.5. The maximum absolute atomic E-state index is 9.48. The Morgan fingerprint density at radius 3 is 1.91 bits per heavy atom. The van der Waals surface area contributed by atoms with Gasteiger partial charge >= 0.3 is 0 Å². The molecule has 1 N–H and O–H groups in total. The summed E-state index contributed by atoms with van der Waals surface area (Å²) in [6, 6.07) is 0. The van der Waals surface area contributed by atoms with E-state index in [2.05, 4.69) is 6.92 Å². The number of aliphatic hydroxyl groups excluding tert-OH is 1. The first-order chi connectivity index (χ1) is 10.8. The molecule has 22 heavy (non-hydrogen) atoms. The van der Waals surface area contributed by atoms with E-state index in [-0.39, 0.29) is 12.2 Å². The summed E-state index contributed by atoms with van der Waals surface area (Å²) in [5.41, 5.74) is 0. The van der Waals surface area contributed by atoms with E-state index < -0.39 is 0 Å². The lowest BCUT2D eigenvalue weighted by Gasteiger charge is -2.26. The number of unbranched alkanes of at least 4 members (excludes halogenated alkanes) is 11. The van der Waals surface area contributed by atoms with Crippen molar-refractivity contribution in [3.63, 3.8) is 0 Å². The highest BCUT2D eigenvalue weighted by Crippen LogP contribution is 2.13. The summed E-state index contributed by atoms with van der Waals surface area (Å²) in [5, 5.41) is 9.48. The molecule has 0 amide bonds. The summed E-state index contributed by atoms with van der Waals surface area (Å²) in [4.78, 5) is 0. The molecule has 0 aromatic rings. The molecule has 0 aromatic carbocycles. The number of ether oxygens (including phenoxy) is 2. The molecule has 1 fully saturated rings. The van der Waals surface area contributed by atoms with Gasteiger partial charge in [0.15, 0.2) is 0 Å². The van der Waals surface area contributed by atoms with Gasteiger partial charge in [0.1, 0.15) is 0 Å². The molecule has 2 atom stereocenters. The van der Waals surface area contributed by atoms with Crippen LogP contribution in [-0.4, -0.2) is 37.1 Å². The lowest BCUT2D eigenvalue weighted by molar-refractivity contribution is -0.0989. The van der Waals surface area contributed by atoms with Crippen LogP contribution in [0.2, 0.25) is 0 Å². The van der Waals surface area contributed by atoms with E-state index in [9.17, 15) is 5.11 Å². The molecule has 1 heterocycles. The summed E-state index contributed by atoms with van der Waals surface area (Å²) < 4.78 is 11.0. The van der Waals surface area contributed by atoms with Crippen LogP contribution in [0.3, 0.4) is 0 Å². The van der Waals surface area contributed by atoms with Crippen molar-refractivity contribution in [2.45, 2.75) is 103 Å². The fraction of sp³-hybridized carbons (Fsp3) is 1.00. The van der Waals surface area contributed by atoms with Gasteiger partial charge in [0, 0.05) is 13.0 Å². The second kappa shape index (κ2) is 14.5. The average molecular weight is 315 g/mol. The standard InChI is InChI=1S/C19H38O3/c1-2-3-4-5-6-7-8-9-10-11-12-13-14-22-19-15-18(20)16-21-17-19/h18-20H,2-17H2,1H3. The van der Waals surface area contributed by atoms with Gasteiger partial charge in [0.05, 0.1) is 25.4 Å². The maximum atomic E-state index is 9.48. The molecule has 2 unspecified atom stereocenters. The zero-order chi connectivity index (χ0) is 15.9. The molecule has 0 spiro atoms. The first-order valence-corrected chi connectivity index (χ1v) is 9.70. The van der Waals surface area contributed by atoms with Gasteiger partial charge in [-0.25, -0.2) is 0 Å².